The molecule has 1 heterocycles. The van der Waals surface area contributed by atoms with Crippen molar-refractivity contribution in [2.75, 3.05) is 0 Å². The van der Waals surface area contributed by atoms with Gasteiger partial charge in [0, 0.05) is 11.1 Å². The highest BCUT2D eigenvalue weighted by atomic mass is 15.0. The molecule has 132 valence electrons. The summed E-state index contributed by atoms with van der Waals surface area (Å²) < 4.78 is 2.46. The van der Waals surface area contributed by atoms with Crippen LogP contribution in [0.25, 0.3) is 27.7 Å². The molecule has 0 N–H and O–H groups in total. The van der Waals surface area contributed by atoms with Gasteiger partial charge in [0.2, 0.25) is 0 Å². The van der Waals surface area contributed by atoms with E-state index in [9.17, 15) is 0 Å². The van der Waals surface area contributed by atoms with Crippen molar-refractivity contribution in [1.82, 2.24) is 4.57 Å². The zero-order valence-electron chi connectivity index (χ0n) is 15.9. The van der Waals surface area contributed by atoms with Gasteiger partial charge in [0.25, 0.3) is 0 Å². The summed E-state index contributed by atoms with van der Waals surface area (Å²) in [6.45, 7) is 4.52. The third-order valence-corrected chi connectivity index (χ3v) is 5.90. The van der Waals surface area contributed by atoms with Crippen molar-refractivity contribution in [2.24, 2.45) is 0 Å². The van der Waals surface area contributed by atoms with Crippen molar-refractivity contribution in [3.8, 4) is 5.69 Å². The van der Waals surface area contributed by atoms with E-state index in [4.69, 9.17) is 0 Å². The van der Waals surface area contributed by atoms with Crippen LogP contribution >= 0.6 is 0 Å². The maximum atomic E-state index is 2.46. The summed E-state index contributed by atoms with van der Waals surface area (Å²) in [7, 11) is 0. The third-order valence-electron chi connectivity index (χ3n) is 5.90. The molecule has 27 heavy (non-hydrogen) atoms. The smallest absolute Gasteiger partial charge is 0.0537 e. The molecule has 0 unspecified atom stereocenters. The summed E-state index contributed by atoms with van der Waals surface area (Å²) in [6.07, 6.45) is 2.20. The van der Waals surface area contributed by atoms with Crippen LogP contribution in [0.5, 0.6) is 0 Å². The molecule has 1 aliphatic carbocycles. The fraction of sp³-hybridized carbons (Fsp3) is 0.154. The van der Waals surface area contributed by atoms with Crippen LogP contribution in [0.15, 0.2) is 78.9 Å². The molecule has 0 fully saturated rings. The maximum Gasteiger partial charge on any atom is 0.0537 e. The summed E-state index contributed by atoms with van der Waals surface area (Å²) in [5.41, 5.74) is 11.1. The summed E-state index contributed by atoms with van der Waals surface area (Å²) in [5.74, 6) is 0. The fourth-order valence-corrected chi connectivity index (χ4v) is 4.63. The number of hydrogen-bond donors (Lipinski definition) is 0. The van der Waals surface area contributed by atoms with E-state index >= 15 is 0 Å². The summed E-state index contributed by atoms with van der Waals surface area (Å²) in [5, 5.41) is 1.39. The SMILES string of the molecule is CC1=C(c2ccccc2C)CCc2c1n(-c1ccccc1)c1ccccc21. The van der Waals surface area contributed by atoms with E-state index in [1.54, 1.807) is 0 Å². The van der Waals surface area contributed by atoms with E-state index in [0.29, 0.717) is 0 Å². The first-order valence-electron chi connectivity index (χ1n) is 9.69. The second kappa shape index (κ2) is 6.28. The first-order chi connectivity index (χ1) is 13.3. The van der Waals surface area contributed by atoms with E-state index in [0.717, 1.165) is 12.8 Å². The van der Waals surface area contributed by atoms with E-state index in [1.807, 2.05) is 0 Å². The highest BCUT2D eigenvalue weighted by Gasteiger charge is 2.25. The van der Waals surface area contributed by atoms with Crippen molar-refractivity contribution in [2.45, 2.75) is 26.7 Å². The van der Waals surface area contributed by atoms with Crippen molar-refractivity contribution in [1.29, 1.82) is 0 Å². The van der Waals surface area contributed by atoms with Crippen LogP contribution in [0, 0.1) is 6.92 Å². The molecule has 5 rings (SSSR count). The second-order valence-electron chi connectivity index (χ2n) is 7.43. The third kappa shape index (κ3) is 2.46. The van der Waals surface area contributed by atoms with Gasteiger partial charge >= 0.3 is 0 Å². The summed E-state index contributed by atoms with van der Waals surface area (Å²) in [6, 6.07) is 28.4. The Morgan fingerprint density at radius 1 is 0.704 bits per heavy atom. The molecule has 1 nitrogen and oxygen atoms in total. The van der Waals surface area contributed by atoms with E-state index < -0.39 is 0 Å². The molecule has 0 aliphatic heterocycles. The number of hydrogen-bond acceptors (Lipinski definition) is 0. The lowest BCUT2D eigenvalue weighted by Crippen LogP contribution is -2.07. The van der Waals surface area contributed by atoms with E-state index in [1.165, 1.54) is 50.1 Å². The zero-order valence-corrected chi connectivity index (χ0v) is 15.9. The molecule has 4 aromatic rings. The fourth-order valence-electron chi connectivity index (χ4n) is 4.63. The Labute approximate surface area is 160 Å². The Bertz CT molecular complexity index is 1180. The van der Waals surface area contributed by atoms with Gasteiger partial charge in [-0.3, -0.25) is 0 Å². The number of allylic oxidation sites excluding steroid dienone is 2. The molecule has 1 aromatic heterocycles. The summed E-state index contributed by atoms with van der Waals surface area (Å²) >= 11 is 0. The predicted octanol–water partition coefficient (Wildman–Crippen LogP) is 6.82. The minimum Gasteiger partial charge on any atom is -0.309 e. The monoisotopic (exact) mass is 349 g/mol. The van der Waals surface area contributed by atoms with Gasteiger partial charge in [-0.2, -0.15) is 0 Å². The molecule has 3 aromatic carbocycles. The van der Waals surface area contributed by atoms with Crippen LogP contribution in [0.4, 0.5) is 0 Å². The molecule has 1 aliphatic rings. The Kier molecular flexibility index (Phi) is 3.75. The number of para-hydroxylation sites is 2. The molecule has 0 spiro atoms. The minimum atomic E-state index is 1.09. The van der Waals surface area contributed by atoms with Gasteiger partial charge in [0.15, 0.2) is 0 Å². The Hall–Kier alpha value is -3.06. The zero-order chi connectivity index (χ0) is 18.4. The van der Waals surface area contributed by atoms with Crippen molar-refractivity contribution in [3.63, 3.8) is 0 Å². The Morgan fingerprint density at radius 3 is 2.22 bits per heavy atom. The largest absolute Gasteiger partial charge is 0.309 e. The predicted molar refractivity (Wildman–Crippen MR) is 115 cm³/mol. The highest BCUT2D eigenvalue weighted by molar-refractivity contribution is 6.00. The van der Waals surface area contributed by atoms with Crippen LogP contribution in [0.2, 0.25) is 0 Å². The molecule has 1 heteroatoms. The Balaban J connectivity index is 1.86. The molecule has 0 bridgehead atoms. The maximum absolute atomic E-state index is 2.46. The van der Waals surface area contributed by atoms with Crippen LogP contribution in [0.1, 0.15) is 35.7 Å². The molecule has 0 amide bonds. The molecule has 0 radical (unpaired) electrons. The lowest BCUT2D eigenvalue weighted by atomic mass is 9.84. The Morgan fingerprint density at radius 2 is 1.41 bits per heavy atom. The number of benzene rings is 3. The lowest BCUT2D eigenvalue weighted by Gasteiger charge is -2.23. The minimum absolute atomic E-state index is 1.09. The number of aromatic nitrogens is 1. The van der Waals surface area contributed by atoms with Gasteiger partial charge in [-0.25, -0.2) is 0 Å². The van der Waals surface area contributed by atoms with Crippen LogP contribution < -0.4 is 0 Å². The standard InChI is InChI=1S/C26H23N/c1-18-10-6-7-13-21(18)22-16-17-24-23-14-8-9-15-25(23)27(26(24)19(22)2)20-11-4-3-5-12-20/h3-15H,16-17H2,1-2H3. The van der Waals surface area contributed by atoms with Gasteiger partial charge in [-0.1, -0.05) is 60.7 Å². The van der Waals surface area contributed by atoms with Crippen molar-refractivity contribution < 1.29 is 0 Å². The second-order valence-corrected chi connectivity index (χ2v) is 7.43. The highest BCUT2D eigenvalue weighted by Crippen LogP contribution is 2.43. The number of rotatable bonds is 2. The molecular formula is C26H23N. The van der Waals surface area contributed by atoms with Gasteiger partial charge in [-0.15, -0.1) is 0 Å². The average Bonchev–Trinajstić information content (AvgIpc) is 3.05. The summed E-state index contributed by atoms with van der Waals surface area (Å²) in [4.78, 5) is 0. The number of fused-ring (bicyclic) bond motifs is 3. The van der Waals surface area contributed by atoms with Gasteiger partial charge in [-0.05, 0) is 72.7 Å². The first kappa shape index (κ1) is 16.1. The lowest BCUT2D eigenvalue weighted by molar-refractivity contribution is 0.965. The van der Waals surface area contributed by atoms with Gasteiger partial charge < -0.3 is 4.57 Å². The molecule has 0 atom stereocenters. The molecule has 0 saturated carbocycles. The van der Waals surface area contributed by atoms with E-state index in [-0.39, 0.29) is 0 Å². The number of aryl methyl sites for hydroxylation is 2. The quantitative estimate of drug-likeness (QED) is 0.374. The van der Waals surface area contributed by atoms with Gasteiger partial charge in [0.1, 0.15) is 0 Å². The molecule has 0 saturated heterocycles. The van der Waals surface area contributed by atoms with Crippen LogP contribution in [-0.4, -0.2) is 4.57 Å². The molecular weight excluding hydrogens is 326 g/mol. The van der Waals surface area contributed by atoms with Crippen molar-refractivity contribution >= 4 is 22.0 Å². The van der Waals surface area contributed by atoms with E-state index in [2.05, 4.69) is 97.3 Å². The van der Waals surface area contributed by atoms with Crippen LogP contribution in [0.3, 0.4) is 0 Å². The van der Waals surface area contributed by atoms with Gasteiger partial charge in [0.05, 0.1) is 11.2 Å². The van der Waals surface area contributed by atoms with Crippen LogP contribution in [-0.2, 0) is 6.42 Å². The normalized spacial score (nSPS) is 13.9. The average molecular weight is 349 g/mol. The van der Waals surface area contributed by atoms with Crippen molar-refractivity contribution in [3.05, 3.63) is 101 Å². The first-order valence-corrected chi connectivity index (χ1v) is 9.69. The topological polar surface area (TPSA) is 4.93 Å². The number of nitrogens with zero attached hydrogens (tertiary/aromatic N) is 1.